The van der Waals surface area contributed by atoms with Gasteiger partial charge in [0.1, 0.15) is 31.8 Å². The Morgan fingerprint density at radius 2 is 0.587 bits per heavy atom. The predicted octanol–water partition coefficient (Wildman–Crippen LogP) is 9.07. The summed E-state index contributed by atoms with van der Waals surface area (Å²) in [6, 6.07) is 68.1. The minimum absolute atomic E-state index is 0. The van der Waals surface area contributed by atoms with Crippen molar-refractivity contribution in [3.05, 3.63) is 182 Å². The highest BCUT2D eigenvalue weighted by Gasteiger charge is 2.67. The maximum absolute atomic E-state index is 3.03. The Morgan fingerprint density at radius 1 is 0.391 bits per heavy atom. The van der Waals surface area contributed by atoms with E-state index in [-0.39, 0.29) is 35.5 Å². The van der Waals surface area contributed by atoms with Gasteiger partial charge in [0.25, 0.3) is 0 Å². The summed E-state index contributed by atoms with van der Waals surface area (Å²) in [6.45, 7) is 3.29. The Kier molecular flexibility index (Phi) is 14.4. The molecular formula is C40H44BrClN2P2+2. The Hall–Kier alpha value is -3.13. The Bertz CT molecular complexity index is 1380. The first-order chi connectivity index (χ1) is 21.3. The molecule has 0 saturated carbocycles. The number of halogens is 2. The summed E-state index contributed by atoms with van der Waals surface area (Å²) in [7, 11) is -4.86. The quantitative estimate of drug-likeness (QED) is 0.135. The van der Waals surface area contributed by atoms with Crippen LogP contribution in [0, 0.1) is 0 Å². The van der Waals surface area contributed by atoms with Crippen LogP contribution in [0.1, 0.15) is 19.8 Å². The first-order valence-corrected chi connectivity index (χ1v) is 18.7. The molecule has 6 heteroatoms. The molecule has 2 nitrogen and oxygen atoms in total. The van der Waals surface area contributed by atoms with E-state index < -0.39 is 14.8 Å². The second-order valence-electron chi connectivity index (χ2n) is 10.7. The standard InChI is InChI=1S/C40H39NP2.BrH.ClH.H3N/c1-2-3-34-41(42(35-22-10-4-11-23-35,36-24-12-5-13-25-36)37-26-14-6-15-27-37)43(38-28-16-7-17-29-38,39-30-18-8-19-31-39)40-32-20-9-21-33-40;;;/h4-33H,2-3,34H2,1H3;2*1H;1H3/q+2;;;. The van der Waals surface area contributed by atoms with Gasteiger partial charge >= 0.3 is 0 Å². The first kappa shape index (κ1) is 37.3. The van der Waals surface area contributed by atoms with Crippen LogP contribution in [0.25, 0.3) is 0 Å². The number of hydrogen-bond donors (Lipinski definition) is 1. The van der Waals surface area contributed by atoms with E-state index in [1.807, 2.05) is 0 Å². The summed E-state index contributed by atoms with van der Waals surface area (Å²) < 4.78 is 3.03. The highest BCUT2D eigenvalue weighted by molar-refractivity contribution is 8.93. The number of benzene rings is 6. The second-order valence-corrected chi connectivity index (χ2v) is 17.7. The highest BCUT2D eigenvalue weighted by atomic mass is 79.9. The van der Waals surface area contributed by atoms with Crippen molar-refractivity contribution >= 4 is 76.0 Å². The third-order valence-electron chi connectivity index (χ3n) is 8.18. The molecular weight excluding hydrogens is 686 g/mol. The maximum atomic E-state index is 3.03. The summed E-state index contributed by atoms with van der Waals surface area (Å²) >= 11 is 0. The van der Waals surface area contributed by atoms with Crippen molar-refractivity contribution in [2.45, 2.75) is 19.8 Å². The van der Waals surface area contributed by atoms with Gasteiger partial charge in [0.15, 0.2) is 0 Å². The molecule has 46 heavy (non-hydrogen) atoms. The fraction of sp³-hybridized carbons (Fsp3) is 0.100. The third-order valence-corrected chi connectivity index (χ3v) is 17.9. The number of hydrogen-bond acceptors (Lipinski definition) is 2. The molecule has 6 aromatic rings. The summed E-state index contributed by atoms with van der Waals surface area (Å²) in [6.07, 6.45) is 2.22. The molecule has 0 bridgehead atoms. The molecule has 0 amide bonds. The van der Waals surface area contributed by atoms with Gasteiger partial charge in [-0.3, -0.25) is 0 Å². The van der Waals surface area contributed by atoms with Gasteiger partial charge in [-0.15, -0.1) is 29.4 Å². The lowest BCUT2D eigenvalue weighted by Gasteiger charge is -2.42. The molecule has 0 heterocycles. The van der Waals surface area contributed by atoms with Crippen molar-refractivity contribution in [2.24, 2.45) is 0 Å². The topological polar surface area (TPSA) is 38.2 Å². The molecule has 0 fully saturated rings. The van der Waals surface area contributed by atoms with Gasteiger partial charge in [-0.1, -0.05) is 123 Å². The fourth-order valence-corrected chi connectivity index (χ4v) is 17.7. The number of rotatable bonds is 11. The van der Waals surface area contributed by atoms with Gasteiger partial charge in [-0.05, 0) is 83.7 Å². The molecule has 6 aromatic carbocycles. The summed E-state index contributed by atoms with van der Waals surface area (Å²) in [5, 5.41) is 8.31. The van der Waals surface area contributed by atoms with Crippen molar-refractivity contribution in [3.63, 3.8) is 0 Å². The average Bonchev–Trinajstić information content (AvgIpc) is 3.10. The molecule has 6 rings (SSSR count). The van der Waals surface area contributed by atoms with E-state index in [0.29, 0.717) is 0 Å². The summed E-state index contributed by atoms with van der Waals surface area (Å²) in [4.78, 5) is 0. The van der Waals surface area contributed by atoms with Crippen LogP contribution in [0.4, 0.5) is 0 Å². The van der Waals surface area contributed by atoms with Gasteiger partial charge in [-0.2, -0.15) is 0 Å². The normalized spacial score (nSPS) is 11.1. The van der Waals surface area contributed by atoms with E-state index in [0.717, 1.165) is 19.4 Å². The molecule has 0 saturated heterocycles. The molecule has 0 unspecified atom stereocenters. The lowest BCUT2D eigenvalue weighted by molar-refractivity contribution is 0.638. The SMILES string of the molecule is Br.CCCCN([P+](c1ccccc1)(c1ccccc1)c1ccccc1)[P+](c1ccccc1)(c1ccccc1)c1ccccc1.Cl.N. The Balaban J connectivity index is 0.00000192. The number of nitrogens with zero attached hydrogens (tertiary/aromatic N) is 1. The van der Waals surface area contributed by atoms with Crippen molar-refractivity contribution < 1.29 is 0 Å². The zero-order chi connectivity index (χ0) is 29.4. The van der Waals surface area contributed by atoms with E-state index in [1.54, 1.807) is 0 Å². The van der Waals surface area contributed by atoms with Crippen LogP contribution in [0.15, 0.2) is 182 Å². The Morgan fingerprint density at radius 3 is 0.761 bits per heavy atom. The second kappa shape index (κ2) is 17.7. The largest absolute Gasteiger partial charge is 0.344 e. The molecule has 0 aliphatic carbocycles. The minimum Gasteiger partial charge on any atom is -0.344 e. The van der Waals surface area contributed by atoms with Crippen LogP contribution < -0.4 is 38.0 Å². The molecule has 0 aromatic heterocycles. The smallest absolute Gasteiger partial charge is 0.219 e. The van der Waals surface area contributed by atoms with E-state index in [2.05, 4.69) is 193 Å². The fourth-order valence-electron chi connectivity index (χ4n) is 6.36. The molecule has 0 radical (unpaired) electrons. The van der Waals surface area contributed by atoms with Crippen molar-refractivity contribution in [1.29, 1.82) is 0 Å². The van der Waals surface area contributed by atoms with Crippen LogP contribution in [-0.4, -0.2) is 11.0 Å². The number of unbranched alkanes of at least 4 members (excludes halogenated alkanes) is 1. The Labute approximate surface area is 293 Å². The van der Waals surface area contributed by atoms with Crippen LogP contribution in [-0.2, 0) is 0 Å². The first-order valence-electron chi connectivity index (χ1n) is 15.2. The predicted molar refractivity (Wildman–Crippen MR) is 215 cm³/mol. The van der Waals surface area contributed by atoms with Gasteiger partial charge in [0.2, 0.25) is 14.8 Å². The molecule has 0 spiro atoms. The highest BCUT2D eigenvalue weighted by Crippen LogP contribution is 2.75. The monoisotopic (exact) mass is 728 g/mol. The van der Waals surface area contributed by atoms with Crippen LogP contribution in [0.5, 0.6) is 0 Å². The van der Waals surface area contributed by atoms with E-state index >= 15 is 0 Å². The summed E-state index contributed by atoms with van der Waals surface area (Å²) in [5.41, 5.74) is 0. The third kappa shape index (κ3) is 6.92. The molecule has 236 valence electrons. The zero-order valence-electron chi connectivity index (χ0n) is 26.3. The van der Waals surface area contributed by atoms with Crippen molar-refractivity contribution in [1.82, 2.24) is 10.6 Å². The van der Waals surface area contributed by atoms with E-state index in [4.69, 9.17) is 0 Å². The summed E-state index contributed by atoms with van der Waals surface area (Å²) in [5.74, 6) is 0. The molecule has 0 aliphatic rings. The molecule has 0 aliphatic heterocycles. The van der Waals surface area contributed by atoms with Crippen molar-refractivity contribution in [3.8, 4) is 0 Å². The zero-order valence-corrected chi connectivity index (χ0v) is 30.6. The van der Waals surface area contributed by atoms with Crippen LogP contribution in [0.3, 0.4) is 0 Å². The lowest BCUT2D eigenvalue weighted by Crippen LogP contribution is -2.50. The van der Waals surface area contributed by atoms with Crippen LogP contribution >= 0.6 is 44.2 Å². The minimum atomic E-state index is -2.43. The van der Waals surface area contributed by atoms with Gasteiger partial charge in [0, 0.05) is 0 Å². The molecule has 3 N–H and O–H groups in total. The van der Waals surface area contributed by atoms with Crippen molar-refractivity contribution in [2.75, 3.05) is 6.54 Å². The van der Waals surface area contributed by atoms with Gasteiger partial charge in [-0.25, -0.2) is 0 Å². The average molecular weight is 730 g/mol. The molecule has 0 atom stereocenters. The maximum Gasteiger partial charge on any atom is 0.219 e. The van der Waals surface area contributed by atoms with E-state index in [9.17, 15) is 0 Å². The van der Waals surface area contributed by atoms with Gasteiger partial charge in [0.05, 0.1) is 6.54 Å². The van der Waals surface area contributed by atoms with Gasteiger partial charge < -0.3 is 6.15 Å². The van der Waals surface area contributed by atoms with Crippen LogP contribution in [0.2, 0.25) is 0 Å². The lowest BCUT2D eigenvalue weighted by atomic mass is 10.3. The van der Waals surface area contributed by atoms with E-state index in [1.165, 1.54) is 31.8 Å².